The van der Waals surface area contributed by atoms with Crippen molar-refractivity contribution in [2.45, 2.75) is 13.3 Å². The minimum atomic E-state index is 0.288. The molecule has 1 aromatic heterocycles. The topological polar surface area (TPSA) is 80.5 Å². The number of hydrogen-bond donors (Lipinski definition) is 3. The van der Waals surface area contributed by atoms with Crippen molar-refractivity contribution in [1.82, 2.24) is 4.98 Å². The van der Waals surface area contributed by atoms with E-state index in [0.717, 1.165) is 17.7 Å². The molecule has 0 unspecified atom stereocenters. The number of nitrogens with one attached hydrogen (secondary N) is 1. The SMILES string of the molecule is C/C=C\COO.NCCc1c[nH]c2ccc3c(c12)C=CCO3. The zero-order chi connectivity index (χ0) is 15.8. The zero-order valence-corrected chi connectivity index (χ0v) is 12.7. The summed E-state index contributed by atoms with van der Waals surface area (Å²) in [6, 6.07) is 4.08. The van der Waals surface area contributed by atoms with E-state index >= 15 is 0 Å². The van der Waals surface area contributed by atoms with Crippen molar-refractivity contribution in [2.24, 2.45) is 5.73 Å². The number of fused-ring (bicyclic) bond motifs is 3. The van der Waals surface area contributed by atoms with E-state index in [1.54, 1.807) is 12.2 Å². The van der Waals surface area contributed by atoms with Gasteiger partial charge in [0, 0.05) is 22.7 Å². The van der Waals surface area contributed by atoms with E-state index in [1.807, 2.05) is 25.3 Å². The summed E-state index contributed by atoms with van der Waals surface area (Å²) in [6.45, 7) is 3.48. The van der Waals surface area contributed by atoms with Gasteiger partial charge in [0.2, 0.25) is 0 Å². The summed E-state index contributed by atoms with van der Waals surface area (Å²) >= 11 is 0. The van der Waals surface area contributed by atoms with Crippen LogP contribution in [-0.2, 0) is 11.3 Å². The Morgan fingerprint density at radius 1 is 1.45 bits per heavy atom. The highest BCUT2D eigenvalue weighted by atomic mass is 17.1. The summed E-state index contributed by atoms with van der Waals surface area (Å²) in [6.07, 6.45) is 10.6. The second-order valence-corrected chi connectivity index (χ2v) is 4.83. The van der Waals surface area contributed by atoms with Crippen molar-refractivity contribution >= 4 is 17.0 Å². The van der Waals surface area contributed by atoms with Crippen LogP contribution in [0.25, 0.3) is 17.0 Å². The van der Waals surface area contributed by atoms with E-state index in [4.69, 9.17) is 15.7 Å². The molecule has 0 saturated carbocycles. The van der Waals surface area contributed by atoms with Gasteiger partial charge in [0.15, 0.2) is 0 Å². The second kappa shape index (κ2) is 8.38. The summed E-state index contributed by atoms with van der Waals surface area (Å²) in [7, 11) is 0. The maximum absolute atomic E-state index is 7.65. The molecule has 5 nitrogen and oxygen atoms in total. The first kappa shape index (κ1) is 16.3. The van der Waals surface area contributed by atoms with Gasteiger partial charge in [-0.25, -0.2) is 4.89 Å². The van der Waals surface area contributed by atoms with E-state index in [-0.39, 0.29) is 6.61 Å². The molecule has 2 aromatic rings. The molecule has 0 radical (unpaired) electrons. The summed E-state index contributed by atoms with van der Waals surface area (Å²) in [4.78, 5) is 6.97. The average molecular weight is 302 g/mol. The second-order valence-electron chi connectivity index (χ2n) is 4.83. The van der Waals surface area contributed by atoms with Gasteiger partial charge in [-0.3, -0.25) is 5.26 Å². The zero-order valence-electron chi connectivity index (χ0n) is 12.7. The molecule has 0 amide bonds. The number of hydrogen-bond acceptors (Lipinski definition) is 4. The maximum Gasteiger partial charge on any atom is 0.127 e. The van der Waals surface area contributed by atoms with Crippen LogP contribution in [-0.4, -0.2) is 30.0 Å². The normalized spacial score (nSPS) is 12.9. The van der Waals surface area contributed by atoms with Gasteiger partial charge in [-0.15, -0.1) is 0 Å². The highest BCUT2D eigenvalue weighted by molar-refractivity contribution is 5.94. The molecule has 0 spiro atoms. The number of allylic oxidation sites excluding steroid dienone is 1. The first-order chi connectivity index (χ1) is 10.8. The number of aromatic amines is 1. The van der Waals surface area contributed by atoms with Gasteiger partial charge in [0.1, 0.15) is 19.0 Å². The van der Waals surface area contributed by atoms with Crippen molar-refractivity contribution in [3.05, 3.63) is 47.7 Å². The van der Waals surface area contributed by atoms with Crippen LogP contribution in [0.3, 0.4) is 0 Å². The quantitative estimate of drug-likeness (QED) is 0.460. The molecule has 22 heavy (non-hydrogen) atoms. The van der Waals surface area contributed by atoms with E-state index in [9.17, 15) is 0 Å². The Balaban J connectivity index is 0.000000254. The fraction of sp³-hybridized carbons (Fsp3) is 0.294. The van der Waals surface area contributed by atoms with Gasteiger partial charge in [0.25, 0.3) is 0 Å². The predicted molar refractivity (Wildman–Crippen MR) is 89.0 cm³/mol. The predicted octanol–water partition coefficient (Wildman–Crippen LogP) is 3.13. The largest absolute Gasteiger partial charge is 0.489 e. The Kier molecular flexibility index (Phi) is 6.21. The van der Waals surface area contributed by atoms with Crippen LogP contribution in [0, 0.1) is 0 Å². The lowest BCUT2D eigenvalue weighted by Gasteiger charge is -2.13. The van der Waals surface area contributed by atoms with Crippen LogP contribution in [0.1, 0.15) is 18.1 Å². The van der Waals surface area contributed by atoms with Crippen LogP contribution in [0.15, 0.2) is 36.6 Å². The standard InChI is InChI=1S/C13H14N2O.C4H8O2/c14-6-5-9-8-15-11-3-4-12-10(13(9)11)2-1-7-16-12;1-2-3-4-6-5/h1-4,8,15H,5-7,14H2;2-3,5H,4H2,1H3/b;3-2-. The third-order valence-electron chi connectivity index (χ3n) is 3.37. The number of rotatable bonds is 4. The minimum absolute atomic E-state index is 0.288. The van der Waals surface area contributed by atoms with Crippen molar-refractivity contribution < 1.29 is 14.9 Å². The minimum Gasteiger partial charge on any atom is -0.489 e. The molecule has 0 saturated heterocycles. The van der Waals surface area contributed by atoms with Crippen molar-refractivity contribution in [3.63, 3.8) is 0 Å². The van der Waals surface area contributed by atoms with Gasteiger partial charge >= 0.3 is 0 Å². The number of ether oxygens (including phenoxy) is 1. The molecule has 0 bridgehead atoms. The van der Waals surface area contributed by atoms with Gasteiger partial charge in [-0.1, -0.05) is 18.2 Å². The Morgan fingerprint density at radius 3 is 3.00 bits per heavy atom. The van der Waals surface area contributed by atoms with E-state index in [0.29, 0.717) is 13.2 Å². The molecule has 118 valence electrons. The molecule has 4 N–H and O–H groups in total. The number of aromatic nitrogens is 1. The third kappa shape index (κ3) is 3.76. The average Bonchev–Trinajstić information content (AvgIpc) is 2.97. The lowest BCUT2D eigenvalue weighted by molar-refractivity contribution is -0.231. The molecule has 2 heterocycles. The Morgan fingerprint density at radius 2 is 2.32 bits per heavy atom. The van der Waals surface area contributed by atoms with Gasteiger partial charge < -0.3 is 15.5 Å². The first-order valence-corrected chi connectivity index (χ1v) is 7.31. The van der Waals surface area contributed by atoms with Crippen molar-refractivity contribution in [2.75, 3.05) is 19.8 Å². The fourth-order valence-corrected chi connectivity index (χ4v) is 2.39. The Bertz CT molecular complexity index is 659. The Hall–Kier alpha value is -2.08. The Labute approximate surface area is 130 Å². The molecular formula is C17H22N2O3. The van der Waals surface area contributed by atoms with Crippen molar-refractivity contribution in [3.8, 4) is 5.75 Å². The number of H-pyrrole nitrogens is 1. The highest BCUT2D eigenvalue weighted by Crippen LogP contribution is 2.33. The third-order valence-corrected chi connectivity index (χ3v) is 3.37. The molecule has 1 aliphatic rings. The summed E-state index contributed by atoms with van der Waals surface area (Å²) < 4.78 is 5.60. The van der Waals surface area contributed by atoms with Crippen LogP contribution in [0.2, 0.25) is 0 Å². The molecule has 1 aliphatic heterocycles. The smallest absolute Gasteiger partial charge is 0.127 e. The molecule has 1 aromatic carbocycles. The first-order valence-electron chi connectivity index (χ1n) is 7.31. The van der Waals surface area contributed by atoms with E-state index in [2.05, 4.69) is 22.0 Å². The van der Waals surface area contributed by atoms with E-state index < -0.39 is 0 Å². The van der Waals surface area contributed by atoms with Crippen LogP contribution in [0.4, 0.5) is 0 Å². The van der Waals surface area contributed by atoms with Gasteiger partial charge in [-0.05, 0) is 43.7 Å². The summed E-state index contributed by atoms with van der Waals surface area (Å²) in [5.41, 5.74) is 9.22. The number of nitrogens with two attached hydrogens (primary N) is 1. The molecule has 0 atom stereocenters. The molecule has 0 aliphatic carbocycles. The van der Waals surface area contributed by atoms with E-state index in [1.165, 1.54) is 16.5 Å². The van der Waals surface area contributed by atoms with Crippen LogP contribution in [0.5, 0.6) is 5.75 Å². The molecule has 0 fully saturated rings. The molecule has 5 heteroatoms. The van der Waals surface area contributed by atoms with Crippen LogP contribution < -0.4 is 10.5 Å². The summed E-state index contributed by atoms with van der Waals surface area (Å²) in [5, 5.41) is 8.90. The maximum atomic E-state index is 7.65. The lowest BCUT2D eigenvalue weighted by atomic mass is 10.0. The van der Waals surface area contributed by atoms with Crippen molar-refractivity contribution in [1.29, 1.82) is 0 Å². The fourth-order valence-electron chi connectivity index (χ4n) is 2.39. The van der Waals surface area contributed by atoms with Crippen LogP contribution >= 0.6 is 0 Å². The monoisotopic (exact) mass is 302 g/mol. The highest BCUT2D eigenvalue weighted by Gasteiger charge is 2.13. The lowest BCUT2D eigenvalue weighted by Crippen LogP contribution is -2.04. The molecule has 3 rings (SSSR count). The molecular weight excluding hydrogens is 280 g/mol. The summed E-state index contributed by atoms with van der Waals surface area (Å²) in [5.74, 6) is 0.966. The van der Waals surface area contributed by atoms with Gasteiger partial charge in [0.05, 0.1) is 0 Å². The number of benzene rings is 1. The van der Waals surface area contributed by atoms with Gasteiger partial charge in [-0.2, -0.15) is 0 Å².